The zero-order valence-corrected chi connectivity index (χ0v) is 14.1. The fourth-order valence-corrected chi connectivity index (χ4v) is 4.02. The van der Waals surface area contributed by atoms with Crippen molar-refractivity contribution in [3.63, 3.8) is 0 Å². The molecular formula is C16H17F4N3OS. The molecule has 1 fully saturated rings. The van der Waals surface area contributed by atoms with Gasteiger partial charge < -0.3 is 4.98 Å². The van der Waals surface area contributed by atoms with Crippen LogP contribution in [0.2, 0.25) is 0 Å². The van der Waals surface area contributed by atoms with Gasteiger partial charge in [0.2, 0.25) is 0 Å². The van der Waals surface area contributed by atoms with Crippen molar-refractivity contribution in [1.82, 2.24) is 14.9 Å². The van der Waals surface area contributed by atoms with E-state index < -0.39 is 24.1 Å². The maximum Gasteiger partial charge on any atom is 0.401 e. The van der Waals surface area contributed by atoms with E-state index in [1.165, 1.54) is 17.0 Å². The Hall–Kier alpha value is -1.61. The van der Waals surface area contributed by atoms with Crippen molar-refractivity contribution in [3.8, 4) is 0 Å². The number of nitrogens with zero attached hydrogens (tertiary/aromatic N) is 2. The SMILES string of the molecule is O=c1[nH]c(CSC2CCN(CC(F)(F)F)CC2)nc2cccc(F)c12. The van der Waals surface area contributed by atoms with Gasteiger partial charge in [0.15, 0.2) is 0 Å². The number of hydrogen-bond donors (Lipinski definition) is 1. The number of H-pyrrole nitrogens is 1. The summed E-state index contributed by atoms with van der Waals surface area (Å²) in [4.78, 5) is 20.3. The maximum absolute atomic E-state index is 13.7. The van der Waals surface area contributed by atoms with Crippen LogP contribution in [-0.4, -0.2) is 45.9 Å². The number of rotatable bonds is 4. The van der Waals surface area contributed by atoms with Crippen LogP contribution in [0.4, 0.5) is 17.6 Å². The van der Waals surface area contributed by atoms with E-state index in [0.29, 0.717) is 43.0 Å². The number of fused-ring (bicyclic) bond motifs is 1. The molecule has 0 aliphatic carbocycles. The molecule has 25 heavy (non-hydrogen) atoms. The zero-order valence-electron chi connectivity index (χ0n) is 13.3. The second kappa shape index (κ2) is 7.33. The van der Waals surface area contributed by atoms with Gasteiger partial charge in [0, 0.05) is 5.25 Å². The first kappa shape index (κ1) is 18.2. The highest BCUT2D eigenvalue weighted by molar-refractivity contribution is 7.99. The van der Waals surface area contributed by atoms with Crippen molar-refractivity contribution >= 4 is 22.7 Å². The third-order valence-electron chi connectivity index (χ3n) is 4.13. The Morgan fingerprint density at radius 3 is 2.68 bits per heavy atom. The van der Waals surface area contributed by atoms with Crippen molar-refractivity contribution in [2.75, 3.05) is 19.6 Å². The van der Waals surface area contributed by atoms with E-state index in [0.717, 1.165) is 0 Å². The number of likely N-dealkylation sites (tertiary alicyclic amines) is 1. The molecule has 2 heterocycles. The Bertz CT molecular complexity index is 800. The molecule has 1 aromatic heterocycles. The fourth-order valence-electron chi connectivity index (χ4n) is 2.95. The van der Waals surface area contributed by atoms with Crippen molar-refractivity contribution < 1.29 is 17.6 Å². The summed E-state index contributed by atoms with van der Waals surface area (Å²) in [6.45, 7) is -0.0520. The lowest BCUT2D eigenvalue weighted by molar-refractivity contribution is -0.147. The molecule has 1 aliphatic rings. The smallest absolute Gasteiger partial charge is 0.309 e. The number of hydrogen-bond acceptors (Lipinski definition) is 4. The van der Waals surface area contributed by atoms with E-state index in [1.807, 2.05) is 0 Å². The van der Waals surface area contributed by atoms with Gasteiger partial charge in [-0.2, -0.15) is 24.9 Å². The molecule has 4 nitrogen and oxygen atoms in total. The van der Waals surface area contributed by atoms with Crippen molar-refractivity contribution in [2.24, 2.45) is 0 Å². The van der Waals surface area contributed by atoms with Crippen molar-refractivity contribution in [2.45, 2.75) is 30.0 Å². The highest BCUT2D eigenvalue weighted by Crippen LogP contribution is 2.27. The van der Waals surface area contributed by atoms with Gasteiger partial charge in [0.05, 0.1) is 17.8 Å². The summed E-state index contributed by atoms with van der Waals surface area (Å²) in [5.74, 6) is 0.277. The molecule has 2 aromatic rings. The van der Waals surface area contributed by atoms with Crippen molar-refractivity contribution in [1.29, 1.82) is 0 Å². The number of benzene rings is 1. The molecule has 0 atom stereocenters. The second-order valence-corrected chi connectivity index (χ2v) is 7.34. The lowest BCUT2D eigenvalue weighted by Crippen LogP contribution is -2.40. The summed E-state index contributed by atoms with van der Waals surface area (Å²) < 4.78 is 50.8. The fraction of sp³-hybridized carbons (Fsp3) is 0.500. The Kier molecular flexibility index (Phi) is 5.33. The monoisotopic (exact) mass is 375 g/mol. The van der Waals surface area contributed by atoms with E-state index in [2.05, 4.69) is 9.97 Å². The molecule has 1 N–H and O–H groups in total. The van der Waals surface area contributed by atoms with Gasteiger partial charge in [-0.25, -0.2) is 9.37 Å². The van der Waals surface area contributed by atoms with Crippen LogP contribution in [0, 0.1) is 5.82 Å². The molecule has 0 amide bonds. The predicted molar refractivity (Wildman–Crippen MR) is 89.1 cm³/mol. The van der Waals surface area contributed by atoms with E-state index in [4.69, 9.17) is 0 Å². The Balaban J connectivity index is 1.58. The first-order valence-electron chi connectivity index (χ1n) is 7.90. The molecule has 0 saturated carbocycles. The van der Waals surface area contributed by atoms with Gasteiger partial charge in [-0.3, -0.25) is 9.69 Å². The van der Waals surface area contributed by atoms with Gasteiger partial charge in [-0.15, -0.1) is 0 Å². The maximum atomic E-state index is 13.7. The van der Waals surface area contributed by atoms with Crippen LogP contribution in [0.25, 0.3) is 10.9 Å². The number of halogens is 4. The quantitative estimate of drug-likeness (QED) is 0.833. The average molecular weight is 375 g/mol. The minimum atomic E-state index is -4.16. The third kappa shape index (κ3) is 4.72. The number of piperidine rings is 1. The molecule has 0 radical (unpaired) electrons. The molecular weight excluding hydrogens is 358 g/mol. The molecule has 0 unspecified atom stereocenters. The second-order valence-electron chi connectivity index (χ2n) is 6.05. The Morgan fingerprint density at radius 2 is 2.00 bits per heavy atom. The Labute approximate surface area is 145 Å². The van der Waals surface area contributed by atoms with E-state index >= 15 is 0 Å². The van der Waals surface area contributed by atoms with Crippen LogP contribution in [0.3, 0.4) is 0 Å². The number of aromatic nitrogens is 2. The van der Waals surface area contributed by atoms with Gasteiger partial charge in [-0.05, 0) is 38.1 Å². The topological polar surface area (TPSA) is 49.0 Å². The average Bonchev–Trinajstić information content (AvgIpc) is 2.52. The lowest BCUT2D eigenvalue weighted by atomic mass is 10.1. The minimum absolute atomic E-state index is 0.0586. The summed E-state index contributed by atoms with van der Waals surface area (Å²) in [5, 5.41) is 0.162. The molecule has 1 aliphatic heterocycles. The van der Waals surface area contributed by atoms with Crippen LogP contribution >= 0.6 is 11.8 Å². The van der Waals surface area contributed by atoms with E-state index in [9.17, 15) is 22.4 Å². The highest BCUT2D eigenvalue weighted by atomic mass is 32.2. The van der Waals surface area contributed by atoms with Crippen molar-refractivity contribution in [3.05, 3.63) is 40.2 Å². The molecule has 1 aromatic carbocycles. The van der Waals surface area contributed by atoms with Crippen LogP contribution in [-0.2, 0) is 5.75 Å². The summed E-state index contributed by atoms with van der Waals surface area (Å²) in [7, 11) is 0. The molecule has 3 rings (SSSR count). The van der Waals surface area contributed by atoms with Gasteiger partial charge >= 0.3 is 6.18 Å². The molecule has 0 bridgehead atoms. The normalized spacial score (nSPS) is 17.3. The van der Waals surface area contributed by atoms with Crippen LogP contribution in [0.1, 0.15) is 18.7 Å². The number of aromatic amines is 1. The highest BCUT2D eigenvalue weighted by Gasteiger charge is 2.32. The largest absolute Gasteiger partial charge is 0.401 e. The number of thioether (sulfide) groups is 1. The zero-order chi connectivity index (χ0) is 18.0. The van der Waals surface area contributed by atoms with Crippen LogP contribution < -0.4 is 5.56 Å². The first-order valence-corrected chi connectivity index (χ1v) is 8.95. The molecule has 0 spiro atoms. The minimum Gasteiger partial charge on any atom is -0.309 e. The first-order chi connectivity index (χ1) is 11.8. The van der Waals surface area contributed by atoms with Crippen LogP contribution in [0.15, 0.2) is 23.0 Å². The molecule has 1 saturated heterocycles. The lowest BCUT2D eigenvalue weighted by Gasteiger charge is -2.31. The number of alkyl halides is 3. The van der Waals surface area contributed by atoms with Crippen LogP contribution in [0.5, 0.6) is 0 Å². The van der Waals surface area contributed by atoms with Gasteiger partial charge in [0.25, 0.3) is 5.56 Å². The standard InChI is InChI=1S/C16H17F4N3OS/c17-11-2-1-3-12-14(11)15(24)22-13(21-12)8-25-10-4-6-23(7-5-10)9-16(18,19)20/h1-3,10H,4-9H2,(H,21,22,24). The van der Waals surface area contributed by atoms with E-state index in [-0.39, 0.29) is 10.6 Å². The molecule has 136 valence electrons. The predicted octanol–water partition coefficient (Wildman–Crippen LogP) is 3.32. The number of nitrogens with one attached hydrogen (secondary N) is 1. The Morgan fingerprint density at radius 1 is 1.28 bits per heavy atom. The van der Waals surface area contributed by atoms with E-state index in [1.54, 1.807) is 17.8 Å². The molecule has 9 heteroatoms. The van der Waals surface area contributed by atoms with Gasteiger partial charge in [-0.1, -0.05) is 6.07 Å². The summed E-state index contributed by atoms with van der Waals surface area (Å²) in [6.07, 6.45) is -2.84. The summed E-state index contributed by atoms with van der Waals surface area (Å²) in [5.41, 5.74) is -0.210. The third-order valence-corrected chi connectivity index (χ3v) is 5.51. The summed E-state index contributed by atoms with van der Waals surface area (Å²) in [6, 6.07) is 4.29. The van der Waals surface area contributed by atoms with Gasteiger partial charge in [0.1, 0.15) is 17.0 Å². The summed E-state index contributed by atoms with van der Waals surface area (Å²) >= 11 is 1.56.